The molecule has 1 fully saturated rings. The van der Waals surface area contributed by atoms with Gasteiger partial charge >= 0.3 is 0 Å². The summed E-state index contributed by atoms with van der Waals surface area (Å²) in [5.41, 5.74) is 9.58. The van der Waals surface area contributed by atoms with Crippen molar-refractivity contribution in [2.24, 2.45) is 11.7 Å². The zero-order valence-electron chi connectivity index (χ0n) is 15.0. The summed E-state index contributed by atoms with van der Waals surface area (Å²) in [6.45, 7) is 6.24. The van der Waals surface area contributed by atoms with E-state index in [4.69, 9.17) is 10.5 Å². The highest BCUT2D eigenvalue weighted by atomic mass is 35.5. The van der Waals surface area contributed by atoms with Crippen LogP contribution in [0.15, 0.2) is 30.3 Å². The molecule has 0 aliphatic carbocycles. The van der Waals surface area contributed by atoms with Gasteiger partial charge in [-0.25, -0.2) is 0 Å². The molecule has 1 amide bonds. The van der Waals surface area contributed by atoms with Crippen LogP contribution in [0, 0.1) is 19.8 Å². The highest BCUT2D eigenvalue weighted by Gasteiger charge is 2.28. The van der Waals surface area contributed by atoms with E-state index in [1.54, 1.807) is 7.11 Å². The second-order valence-electron chi connectivity index (χ2n) is 6.46. The topological polar surface area (TPSA) is 60.5 Å². The lowest BCUT2D eigenvalue weighted by molar-refractivity contribution is 0.0787. The van der Waals surface area contributed by atoms with Gasteiger partial charge < -0.3 is 19.9 Å². The lowest BCUT2D eigenvalue weighted by Crippen LogP contribution is -2.30. The smallest absolute Gasteiger partial charge is 0.255 e. The Hall–Kier alpha value is -1.98. The third-order valence-electron chi connectivity index (χ3n) is 4.90. The number of rotatable bonds is 4. The monoisotopic (exact) mass is 363 g/mol. The Bertz CT molecular complexity index is 740. The minimum atomic E-state index is 0. The first-order chi connectivity index (χ1) is 11.5. The van der Waals surface area contributed by atoms with Crippen LogP contribution in [0.3, 0.4) is 0 Å². The lowest BCUT2D eigenvalue weighted by atomic mass is 10.1. The molecule has 1 aromatic heterocycles. The summed E-state index contributed by atoms with van der Waals surface area (Å²) in [5.74, 6) is 1.36. The molecule has 1 aromatic carbocycles. The van der Waals surface area contributed by atoms with E-state index in [0.717, 1.165) is 47.9 Å². The number of amides is 1. The Balaban J connectivity index is 0.00000225. The number of benzene rings is 1. The van der Waals surface area contributed by atoms with Crippen LogP contribution in [0.2, 0.25) is 0 Å². The van der Waals surface area contributed by atoms with E-state index in [1.165, 1.54) is 0 Å². The number of likely N-dealkylation sites (tertiary alicyclic amines) is 1. The van der Waals surface area contributed by atoms with Crippen molar-refractivity contribution < 1.29 is 9.53 Å². The Morgan fingerprint density at radius 2 is 1.96 bits per heavy atom. The predicted octanol–water partition coefficient (Wildman–Crippen LogP) is 2.95. The summed E-state index contributed by atoms with van der Waals surface area (Å²) < 4.78 is 7.33. The summed E-state index contributed by atoms with van der Waals surface area (Å²) in [5, 5.41) is 0. The first kappa shape index (κ1) is 19.3. The number of aryl methyl sites for hydroxylation is 1. The zero-order chi connectivity index (χ0) is 17.3. The number of ether oxygens (including phenoxy) is 1. The summed E-state index contributed by atoms with van der Waals surface area (Å²) in [6.07, 6.45) is 0.999. The SMILES string of the molecule is COc1ccc(-n2c(C)cc(C(=O)N3CCC(CN)C3)c2C)cc1.Cl. The maximum atomic E-state index is 12.9. The zero-order valence-corrected chi connectivity index (χ0v) is 15.8. The van der Waals surface area contributed by atoms with E-state index in [-0.39, 0.29) is 18.3 Å². The molecule has 1 saturated heterocycles. The van der Waals surface area contributed by atoms with Crippen LogP contribution in [0.25, 0.3) is 5.69 Å². The number of nitrogens with zero attached hydrogens (tertiary/aromatic N) is 2. The molecule has 136 valence electrons. The molecule has 1 unspecified atom stereocenters. The third kappa shape index (κ3) is 3.67. The van der Waals surface area contributed by atoms with Crippen LogP contribution in [-0.2, 0) is 0 Å². The highest BCUT2D eigenvalue weighted by Crippen LogP contribution is 2.25. The quantitative estimate of drug-likeness (QED) is 0.908. The molecular formula is C19H26ClN3O2. The predicted molar refractivity (Wildman–Crippen MR) is 102 cm³/mol. The summed E-state index contributed by atoms with van der Waals surface area (Å²) in [4.78, 5) is 14.8. The average Bonchev–Trinajstić information content (AvgIpc) is 3.19. The highest BCUT2D eigenvalue weighted by molar-refractivity contribution is 5.96. The molecule has 1 aliphatic rings. The van der Waals surface area contributed by atoms with Crippen molar-refractivity contribution in [3.63, 3.8) is 0 Å². The second kappa shape index (κ2) is 7.93. The third-order valence-corrected chi connectivity index (χ3v) is 4.90. The van der Waals surface area contributed by atoms with Crippen molar-refractivity contribution in [2.45, 2.75) is 20.3 Å². The van der Waals surface area contributed by atoms with Crippen molar-refractivity contribution in [3.8, 4) is 11.4 Å². The first-order valence-corrected chi connectivity index (χ1v) is 8.38. The molecule has 0 bridgehead atoms. The van der Waals surface area contributed by atoms with Crippen molar-refractivity contribution in [2.75, 3.05) is 26.7 Å². The van der Waals surface area contributed by atoms with Gasteiger partial charge in [0.1, 0.15) is 5.75 Å². The van der Waals surface area contributed by atoms with Gasteiger partial charge in [0.05, 0.1) is 12.7 Å². The number of carbonyl (C=O) groups is 1. The molecule has 3 rings (SSSR count). The van der Waals surface area contributed by atoms with Crippen molar-refractivity contribution in [1.82, 2.24) is 9.47 Å². The van der Waals surface area contributed by atoms with Gasteiger partial charge in [-0.1, -0.05) is 0 Å². The fraction of sp³-hybridized carbons (Fsp3) is 0.421. The van der Waals surface area contributed by atoms with Gasteiger partial charge in [-0.05, 0) is 63.1 Å². The van der Waals surface area contributed by atoms with E-state index < -0.39 is 0 Å². The summed E-state index contributed by atoms with van der Waals surface area (Å²) in [6, 6.07) is 9.86. The molecule has 6 heteroatoms. The molecule has 2 heterocycles. The van der Waals surface area contributed by atoms with Gasteiger partial charge in [-0.3, -0.25) is 4.79 Å². The van der Waals surface area contributed by atoms with Crippen LogP contribution in [0.4, 0.5) is 0 Å². The van der Waals surface area contributed by atoms with Gasteiger partial charge in [0.25, 0.3) is 5.91 Å². The lowest BCUT2D eigenvalue weighted by Gasteiger charge is -2.16. The minimum Gasteiger partial charge on any atom is -0.497 e. The molecule has 2 N–H and O–H groups in total. The molecular weight excluding hydrogens is 338 g/mol. The van der Waals surface area contributed by atoms with Crippen LogP contribution < -0.4 is 10.5 Å². The molecule has 0 saturated carbocycles. The van der Waals surface area contributed by atoms with Gasteiger partial charge in [-0.2, -0.15) is 0 Å². The Morgan fingerprint density at radius 3 is 2.52 bits per heavy atom. The first-order valence-electron chi connectivity index (χ1n) is 8.38. The average molecular weight is 364 g/mol. The molecule has 25 heavy (non-hydrogen) atoms. The van der Waals surface area contributed by atoms with Crippen LogP contribution in [0.1, 0.15) is 28.2 Å². The largest absolute Gasteiger partial charge is 0.497 e. The van der Waals surface area contributed by atoms with Gasteiger partial charge in [-0.15, -0.1) is 12.4 Å². The number of nitrogens with two attached hydrogens (primary N) is 1. The minimum absolute atomic E-state index is 0. The number of methoxy groups -OCH3 is 1. The Labute approximate surface area is 155 Å². The van der Waals surface area contributed by atoms with E-state index in [1.807, 2.05) is 49.1 Å². The van der Waals surface area contributed by atoms with Gasteiger partial charge in [0, 0.05) is 30.2 Å². The van der Waals surface area contributed by atoms with Crippen molar-refractivity contribution >= 4 is 18.3 Å². The fourth-order valence-corrected chi connectivity index (χ4v) is 3.49. The fourth-order valence-electron chi connectivity index (χ4n) is 3.49. The van der Waals surface area contributed by atoms with Crippen molar-refractivity contribution in [3.05, 3.63) is 47.3 Å². The number of aromatic nitrogens is 1. The van der Waals surface area contributed by atoms with Crippen LogP contribution >= 0.6 is 12.4 Å². The van der Waals surface area contributed by atoms with E-state index >= 15 is 0 Å². The maximum Gasteiger partial charge on any atom is 0.255 e. The van der Waals surface area contributed by atoms with Gasteiger partial charge in [0.15, 0.2) is 0 Å². The van der Waals surface area contributed by atoms with E-state index in [9.17, 15) is 4.79 Å². The molecule has 2 aromatic rings. The number of hydrogen-bond donors (Lipinski definition) is 1. The standard InChI is InChI=1S/C19H25N3O2.ClH/c1-13-10-18(19(23)21-9-8-15(11-20)12-21)14(2)22(13)16-4-6-17(24-3)7-5-16;/h4-7,10,15H,8-9,11-12,20H2,1-3H3;1H. The van der Waals surface area contributed by atoms with Crippen LogP contribution in [0.5, 0.6) is 5.75 Å². The number of carbonyl (C=O) groups excluding carboxylic acids is 1. The van der Waals surface area contributed by atoms with Crippen LogP contribution in [-0.4, -0.2) is 42.1 Å². The van der Waals surface area contributed by atoms with Gasteiger partial charge in [0.2, 0.25) is 0 Å². The molecule has 0 spiro atoms. The summed E-state index contributed by atoms with van der Waals surface area (Å²) in [7, 11) is 1.66. The van der Waals surface area contributed by atoms with E-state index in [0.29, 0.717) is 12.5 Å². The Morgan fingerprint density at radius 1 is 1.28 bits per heavy atom. The second-order valence-corrected chi connectivity index (χ2v) is 6.46. The molecule has 0 radical (unpaired) electrons. The maximum absolute atomic E-state index is 12.9. The number of halogens is 1. The molecule has 5 nitrogen and oxygen atoms in total. The van der Waals surface area contributed by atoms with Crippen molar-refractivity contribution in [1.29, 1.82) is 0 Å². The van der Waals surface area contributed by atoms with E-state index in [2.05, 4.69) is 4.57 Å². The molecule has 1 aliphatic heterocycles. The normalized spacial score (nSPS) is 16.6. The number of hydrogen-bond acceptors (Lipinski definition) is 3. The molecule has 1 atom stereocenters. The summed E-state index contributed by atoms with van der Waals surface area (Å²) >= 11 is 0. The Kier molecular flexibility index (Phi) is 6.14.